The normalized spacial score (nSPS) is 10.3. The molecule has 0 saturated heterocycles. The lowest BCUT2D eigenvalue weighted by atomic mass is 10.3. The Balaban J connectivity index is 2.49. The van der Waals surface area contributed by atoms with E-state index in [0.717, 1.165) is 9.37 Å². The minimum absolute atomic E-state index is 0.0449. The maximum Gasteiger partial charge on any atom is 0.285 e. The van der Waals surface area contributed by atoms with Crippen molar-refractivity contribution in [3.05, 3.63) is 56.0 Å². The van der Waals surface area contributed by atoms with Crippen LogP contribution in [0.3, 0.4) is 0 Å². The Hall–Kier alpha value is -1.24. The zero-order valence-electron chi connectivity index (χ0n) is 10.3. The van der Waals surface area contributed by atoms with Crippen molar-refractivity contribution in [3.8, 4) is 5.75 Å². The first-order valence-electron chi connectivity index (χ1n) is 5.47. The summed E-state index contributed by atoms with van der Waals surface area (Å²) in [6, 6.07) is 10.4. The molecule has 0 atom stereocenters. The second-order valence-corrected chi connectivity index (χ2v) is 6.09. The van der Waals surface area contributed by atoms with Crippen molar-refractivity contribution in [3.63, 3.8) is 0 Å². The summed E-state index contributed by atoms with van der Waals surface area (Å²) in [4.78, 5) is 12.0. The molecule has 0 amide bonds. The van der Waals surface area contributed by atoms with Crippen molar-refractivity contribution in [1.29, 1.82) is 0 Å². The van der Waals surface area contributed by atoms with Gasteiger partial charge in [-0.25, -0.2) is 0 Å². The lowest BCUT2D eigenvalue weighted by Crippen LogP contribution is -1.93. The Morgan fingerprint density at radius 2 is 2.00 bits per heavy atom. The number of nitro groups is 1. The van der Waals surface area contributed by atoms with Gasteiger partial charge < -0.3 is 4.74 Å². The number of halogens is 2. The molecule has 104 valence electrons. The molecular weight excluding hydrogens is 366 g/mol. The van der Waals surface area contributed by atoms with E-state index in [2.05, 4.69) is 15.9 Å². The van der Waals surface area contributed by atoms with Gasteiger partial charge in [-0.05, 0) is 28.1 Å². The summed E-state index contributed by atoms with van der Waals surface area (Å²) in [5.41, 5.74) is -0.0449. The largest absolute Gasteiger partial charge is 0.495 e. The smallest absolute Gasteiger partial charge is 0.285 e. The van der Waals surface area contributed by atoms with Crippen LogP contribution in [0.25, 0.3) is 0 Å². The van der Waals surface area contributed by atoms with E-state index in [1.54, 1.807) is 6.07 Å². The Kier molecular flexibility index (Phi) is 4.91. The van der Waals surface area contributed by atoms with Crippen LogP contribution in [0.1, 0.15) is 0 Å². The molecule has 0 aromatic heterocycles. The van der Waals surface area contributed by atoms with Gasteiger partial charge in [0.15, 0.2) is 0 Å². The summed E-state index contributed by atoms with van der Waals surface area (Å²) in [6.45, 7) is 0. The summed E-state index contributed by atoms with van der Waals surface area (Å²) in [6.07, 6.45) is 0. The molecule has 2 aromatic rings. The van der Waals surface area contributed by atoms with Crippen molar-refractivity contribution in [2.75, 3.05) is 7.11 Å². The molecule has 4 nitrogen and oxygen atoms in total. The fraction of sp³-hybridized carbons (Fsp3) is 0.0769. The number of hydrogen-bond donors (Lipinski definition) is 0. The quantitative estimate of drug-likeness (QED) is 0.547. The Morgan fingerprint density at radius 3 is 2.60 bits per heavy atom. The van der Waals surface area contributed by atoms with Gasteiger partial charge in [-0.2, -0.15) is 0 Å². The fourth-order valence-corrected chi connectivity index (χ4v) is 3.27. The van der Waals surface area contributed by atoms with E-state index in [1.165, 1.54) is 24.9 Å². The highest BCUT2D eigenvalue weighted by Crippen LogP contribution is 2.42. The summed E-state index contributed by atoms with van der Waals surface area (Å²) in [5.74, 6) is 0.409. The van der Waals surface area contributed by atoms with E-state index in [9.17, 15) is 10.1 Å². The van der Waals surface area contributed by atoms with Crippen molar-refractivity contribution < 1.29 is 9.66 Å². The lowest BCUT2D eigenvalue weighted by Gasteiger charge is -2.08. The van der Waals surface area contributed by atoms with Gasteiger partial charge in [0.05, 0.1) is 22.0 Å². The zero-order chi connectivity index (χ0) is 14.7. The summed E-state index contributed by atoms with van der Waals surface area (Å²) in [5, 5.41) is 11.3. The maximum absolute atomic E-state index is 11.1. The SMILES string of the molecule is COc1cc(Sc2ccccc2Br)c([N+](=O)[O-])cc1Cl. The number of rotatable bonds is 4. The molecule has 0 aliphatic carbocycles. The zero-order valence-corrected chi connectivity index (χ0v) is 13.5. The molecule has 0 bridgehead atoms. The highest BCUT2D eigenvalue weighted by atomic mass is 79.9. The molecule has 0 heterocycles. The van der Waals surface area contributed by atoms with Crippen molar-refractivity contribution >= 4 is 45.0 Å². The highest BCUT2D eigenvalue weighted by molar-refractivity contribution is 9.10. The van der Waals surface area contributed by atoms with Gasteiger partial charge in [0.25, 0.3) is 5.69 Å². The molecule has 2 rings (SSSR count). The Bertz CT molecular complexity index is 666. The predicted molar refractivity (Wildman–Crippen MR) is 82.9 cm³/mol. The van der Waals surface area contributed by atoms with Crippen LogP contribution in [0.15, 0.2) is 50.7 Å². The number of benzene rings is 2. The molecule has 7 heteroatoms. The van der Waals surface area contributed by atoms with Crippen LogP contribution in [0, 0.1) is 10.1 Å². The molecule has 0 aliphatic rings. The molecule has 0 aliphatic heterocycles. The molecule has 20 heavy (non-hydrogen) atoms. The summed E-state index contributed by atoms with van der Waals surface area (Å²) in [7, 11) is 1.47. The second-order valence-electron chi connectivity index (χ2n) is 3.74. The predicted octanol–water partition coefficient (Wildman–Crippen LogP) is 5.17. The van der Waals surface area contributed by atoms with Crippen LogP contribution in [0.5, 0.6) is 5.75 Å². The summed E-state index contributed by atoms with van der Waals surface area (Å²) >= 11 is 10.6. The Morgan fingerprint density at radius 1 is 1.30 bits per heavy atom. The maximum atomic E-state index is 11.1. The first kappa shape index (κ1) is 15.2. The third-order valence-electron chi connectivity index (χ3n) is 2.49. The lowest BCUT2D eigenvalue weighted by molar-refractivity contribution is -0.387. The van der Waals surface area contributed by atoms with Gasteiger partial charge in [0.1, 0.15) is 5.75 Å². The van der Waals surface area contributed by atoms with Gasteiger partial charge in [-0.1, -0.05) is 35.5 Å². The van der Waals surface area contributed by atoms with E-state index in [4.69, 9.17) is 16.3 Å². The average Bonchev–Trinajstić information content (AvgIpc) is 2.42. The topological polar surface area (TPSA) is 52.4 Å². The number of hydrogen-bond acceptors (Lipinski definition) is 4. The molecule has 2 aromatic carbocycles. The molecule has 0 unspecified atom stereocenters. The molecular formula is C13H9BrClNO3S. The second kappa shape index (κ2) is 6.47. The Labute approximate surface area is 133 Å². The van der Waals surface area contributed by atoms with E-state index < -0.39 is 4.92 Å². The monoisotopic (exact) mass is 373 g/mol. The molecule has 0 spiro atoms. The van der Waals surface area contributed by atoms with E-state index in [-0.39, 0.29) is 10.7 Å². The van der Waals surface area contributed by atoms with Crippen molar-refractivity contribution in [1.82, 2.24) is 0 Å². The van der Waals surface area contributed by atoms with Crippen molar-refractivity contribution in [2.45, 2.75) is 9.79 Å². The molecule has 0 saturated carbocycles. The first-order chi connectivity index (χ1) is 9.52. The van der Waals surface area contributed by atoms with Crippen LogP contribution in [0.2, 0.25) is 5.02 Å². The first-order valence-corrected chi connectivity index (χ1v) is 7.46. The van der Waals surface area contributed by atoms with Crippen LogP contribution >= 0.6 is 39.3 Å². The third kappa shape index (κ3) is 3.26. The van der Waals surface area contributed by atoms with Crippen LogP contribution < -0.4 is 4.74 Å². The van der Waals surface area contributed by atoms with Gasteiger partial charge in [-0.15, -0.1) is 0 Å². The van der Waals surface area contributed by atoms with E-state index >= 15 is 0 Å². The van der Waals surface area contributed by atoms with E-state index in [1.807, 2.05) is 24.3 Å². The number of nitrogens with zero attached hydrogens (tertiary/aromatic N) is 1. The number of nitro benzene ring substituents is 1. The van der Waals surface area contributed by atoms with Crippen LogP contribution in [-0.4, -0.2) is 12.0 Å². The molecule has 0 radical (unpaired) electrons. The van der Waals surface area contributed by atoms with Gasteiger partial charge in [-0.3, -0.25) is 10.1 Å². The standard InChI is InChI=1S/C13H9BrClNO3S/c1-19-11-7-13(10(16(17)18)6-9(11)15)20-12-5-3-2-4-8(12)14/h2-7H,1H3. The fourth-order valence-electron chi connectivity index (χ4n) is 1.55. The average molecular weight is 375 g/mol. The van der Waals surface area contributed by atoms with Gasteiger partial charge >= 0.3 is 0 Å². The van der Waals surface area contributed by atoms with Crippen LogP contribution in [-0.2, 0) is 0 Å². The third-order valence-corrected chi connectivity index (χ3v) is 4.86. The molecule has 0 fully saturated rings. The van der Waals surface area contributed by atoms with E-state index in [0.29, 0.717) is 10.6 Å². The molecule has 0 N–H and O–H groups in total. The number of methoxy groups -OCH3 is 1. The highest BCUT2D eigenvalue weighted by Gasteiger charge is 2.19. The van der Waals surface area contributed by atoms with Gasteiger partial charge in [0, 0.05) is 21.5 Å². The minimum atomic E-state index is -0.454. The van der Waals surface area contributed by atoms with Crippen molar-refractivity contribution in [2.24, 2.45) is 0 Å². The number of ether oxygens (including phenoxy) is 1. The minimum Gasteiger partial charge on any atom is -0.495 e. The van der Waals surface area contributed by atoms with Gasteiger partial charge in [0.2, 0.25) is 0 Å². The summed E-state index contributed by atoms with van der Waals surface area (Å²) < 4.78 is 5.98. The van der Waals surface area contributed by atoms with Crippen LogP contribution in [0.4, 0.5) is 5.69 Å².